The van der Waals surface area contributed by atoms with Crippen molar-refractivity contribution in [1.29, 1.82) is 0 Å². The molecule has 0 aromatic rings. The van der Waals surface area contributed by atoms with Gasteiger partial charge in [-0.1, -0.05) is 34.1 Å². The van der Waals surface area contributed by atoms with Crippen molar-refractivity contribution in [2.75, 3.05) is 33.7 Å². The van der Waals surface area contributed by atoms with Gasteiger partial charge in [-0.05, 0) is 18.3 Å². The maximum Gasteiger partial charge on any atom is 0.241 e. The molecule has 0 saturated carbocycles. The summed E-state index contributed by atoms with van der Waals surface area (Å²) in [7, 11) is 3.23. The van der Waals surface area contributed by atoms with Crippen LogP contribution >= 0.6 is 0 Å². The van der Waals surface area contributed by atoms with Crippen LogP contribution in [-0.4, -0.2) is 72.5 Å². The van der Waals surface area contributed by atoms with Gasteiger partial charge in [0.25, 0.3) is 0 Å². The number of hydrogen-bond acceptors (Lipinski definition) is 4. The third kappa shape index (κ3) is 11.1. The third-order valence-electron chi connectivity index (χ3n) is 4.43. The molecule has 0 spiro atoms. The third-order valence-corrected chi connectivity index (χ3v) is 4.43. The Labute approximate surface area is 158 Å². The van der Waals surface area contributed by atoms with Gasteiger partial charge in [-0.3, -0.25) is 14.4 Å². The molecule has 2 N–H and O–H groups in total. The van der Waals surface area contributed by atoms with Crippen LogP contribution in [0.25, 0.3) is 0 Å². The van der Waals surface area contributed by atoms with E-state index in [4.69, 9.17) is 0 Å². The quantitative estimate of drug-likeness (QED) is 0.540. The summed E-state index contributed by atoms with van der Waals surface area (Å²) in [6, 6.07) is 0. The van der Waals surface area contributed by atoms with Crippen LogP contribution in [0.3, 0.4) is 0 Å². The highest BCUT2D eigenvalue weighted by atomic mass is 16.3. The summed E-state index contributed by atoms with van der Waals surface area (Å²) < 4.78 is 0. The molecule has 0 radical (unpaired) electrons. The van der Waals surface area contributed by atoms with Gasteiger partial charge in [0.05, 0.1) is 12.6 Å². The predicted molar refractivity (Wildman–Crippen MR) is 102 cm³/mol. The minimum Gasteiger partial charge on any atom is -0.389 e. The number of nitrogens with one attached hydrogen (secondary N) is 1. The Kier molecular flexibility index (Phi) is 11.9. The Balaban J connectivity index is 4.19. The SMILES string of the molecule is CCC(C)CC(=O)N(C)CC(O)CN(C)C(=O)CNC(=O)CCC(C)C. The first-order valence-electron chi connectivity index (χ1n) is 9.49. The Morgan fingerprint density at radius 1 is 1.00 bits per heavy atom. The molecule has 0 aromatic heterocycles. The van der Waals surface area contributed by atoms with Crippen LogP contribution in [0.1, 0.15) is 53.4 Å². The fourth-order valence-corrected chi connectivity index (χ4v) is 2.31. The van der Waals surface area contributed by atoms with Crippen LogP contribution in [0.4, 0.5) is 0 Å². The number of rotatable bonds is 12. The first kappa shape index (κ1) is 24.4. The van der Waals surface area contributed by atoms with E-state index < -0.39 is 6.10 Å². The van der Waals surface area contributed by atoms with E-state index in [1.165, 1.54) is 9.80 Å². The van der Waals surface area contributed by atoms with Gasteiger partial charge in [0, 0.05) is 40.0 Å². The van der Waals surface area contributed by atoms with Crippen LogP contribution in [0, 0.1) is 11.8 Å². The number of aliphatic hydroxyl groups excluding tert-OH is 1. The molecule has 0 aromatic carbocycles. The zero-order valence-corrected chi connectivity index (χ0v) is 17.2. The van der Waals surface area contributed by atoms with Gasteiger partial charge in [0.2, 0.25) is 17.7 Å². The number of aliphatic hydroxyl groups is 1. The summed E-state index contributed by atoms with van der Waals surface area (Å²) in [5.41, 5.74) is 0. The Morgan fingerprint density at radius 2 is 1.54 bits per heavy atom. The van der Waals surface area contributed by atoms with Crippen molar-refractivity contribution in [3.05, 3.63) is 0 Å². The van der Waals surface area contributed by atoms with E-state index in [9.17, 15) is 19.5 Å². The summed E-state index contributed by atoms with van der Waals surface area (Å²) in [6.45, 7) is 8.34. The zero-order chi connectivity index (χ0) is 20.3. The largest absolute Gasteiger partial charge is 0.389 e. The second-order valence-corrected chi connectivity index (χ2v) is 7.63. The van der Waals surface area contributed by atoms with E-state index in [0.29, 0.717) is 24.7 Å². The molecule has 2 unspecified atom stereocenters. The molecule has 7 heteroatoms. The van der Waals surface area contributed by atoms with Gasteiger partial charge in [-0.15, -0.1) is 0 Å². The van der Waals surface area contributed by atoms with Crippen molar-refractivity contribution in [2.45, 2.75) is 59.5 Å². The molecule has 0 aliphatic heterocycles. The average molecular weight is 372 g/mol. The fourth-order valence-electron chi connectivity index (χ4n) is 2.31. The second-order valence-electron chi connectivity index (χ2n) is 7.63. The Morgan fingerprint density at radius 3 is 2.04 bits per heavy atom. The van der Waals surface area contributed by atoms with Gasteiger partial charge >= 0.3 is 0 Å². The molecule has 0 heterocycles. The van der Waals surface area contributed by atoms with Crippen LogP contribution in [0.15, 0.2) is 0 Å². The Bertz CT molecular complexity index is 454. The monoisotopic (exact) mass is 371 g/mol. The molecular formula is C19H37N3O4. The minimum atomic E-state index is -0.827. The van der Waals surface area contributed by atoms with E-state index >= 15 is 0 Å². The summed E-state index contributed by atoms with van der Waals surface area (Å²) in [5, 5.41) is 12.7. The molecule has 3 amide bonds. The van der Waals surface area contributed by atoms with E-state index in [0.717, 1.165) is 12.8 Å². The van der Waals surface area contributed by atoms with Gasteiger partial charge in [0.15, 0.2) is 0 Å². The number of nitrogens with zero attached hydrogens (tertiary/aromatic N) is 2. The van der Waals surface area contributed by atoms with Crippen LogP contribution in [-0.2, 0) is 14.4 Å². The van der Waals surface area contributed by atoms with E-state index in [-0.39, 0.29) is 37.4 Å². The molecule has 2 atom stereocenters. The number of carbonyl (C=O) groups is 3. The fraction of sp³-hybridized carbons (Fsp3) is 0.842. The van der Waals surface area contributed by atoms with E-state index in [2.05, 4.69) is 5.32 Å². The van der Waals surface area contributed by atoms with Crippen molar-refractivity contribution in [3.8, 4) is 0 Å². The lowest BCUT2D eigenvalue weighted by atomic mass is 10.0. The maximum atomic E-state index is 12.0. The summed E-state index contributed by atoms with van der Waals surface area (Å²) in [6.07, 6.45) is 1.75. The standard InChI is InChI=1S/C19H37N3O4/c1-7-15(4)10-18(25)21(5)12-16(23)13-22(6)19(26)11-20-17(24)9-8-14(2)3/h14-16,23H,7-13H2,1-6H3,(H,20,24). The average Bonchev–Trinajstić information content (AvgIpc) is 2.56. The number of hydrogen-bond donors (Lipinski definition) is 2. The molecular weight excluding hydrogens is 334 g/mol. The van der Waals surface area contributed by atoms with Crippen LogP contribution in [0.5, 0.6) is 0 Å². The molecule has 0 aliphatic rings. The lowest BCUT2D eigenvalue weighted by molar-refractivity contribution is -0.134. The van der Waals surface area contributed by atoms with Gasteiger partial charge < -0.3 is 20.2 Å². The molecule has 0 aliphatic carbocycles. The van der Waals surface area contributed by atoms with Crippen LogP contribution in [0.2, 0.25) is 0 Å². The molecule has 0 bridgehead atoms. The van der Waals surface area contributed by atoms with E-state index in [1.807, 2.05) is 27.7 Å². The van der Waals surface area contributed by atoms with Gasteiger partial charge in [-0.2, -0.15) is 0 Å². The van der Waals surface area contributed by atoms with Crippen molar-refractivity contribution >= 4 is 17.7 Å². The minimum absolute atomic E-state index is 0.00945. The first-order chi connectivity index (χ1) is 12.1. The smallest absolute Gasteiger partial charge is 0.241 e. The highest BCUT2D eigenvalue weighted by molar-refractivity contribution is 5.84. The molecule has 7 nitrogen and oxygen atoms in total. The van der Waals surface area contributed by atoms with Crippen LogP contribution < -0.4 is 5.32 Å². The molecule has 0 rings (SSSR count). The second kappa shape index (κ2) is 12.7. The van der Waals surface area contributed by atoms with E-state index in [1.54, 1.807) is 14.1 Å². The van der Waals surface area contributed by atoms with Crippen molar-refractivity contribution < 1.29 is 19.5 Å². The lowest BCUT2D eigenvalue weighted by Gasteiger charge is -2.25. The summed E-state index contributed by atoms with van der Waals surface area (Å²) >= 11 is 0. The molecule has 0 saturated heterocycles. The summed E-state index contributed by atoms with van der Waals surface area (Å²) in [4.78, 5) is 38.6. The van der Waals surface area contributed by atoms with Crippen molar-refractivity contribution in [1.82, 2.24) is 15.1 Å². The normalized spacial score (nSPS) is 13.2. The summed E-state index contributed by atoms with van der Waals surface area (Å²) in [5.74, 6) is 0.330. The van der Waals surface area contributed by atoms with Crippen molar-refractivity contribution in [2.24, 2.45) is 11.8 Å². The first-order valence-corrected chi connectivity index (χ1v) is 9.49. The number of likely N-dealkylation sites (N-methyl/N-ethyl adjacent to an activating group) is 2. The highest BCUT2D eigenvalue weighted by Crippen LogP contribution is 2.08. The maximum absolute atomic E-state index is 12.0. The number of carbonyl (C=O) groups excluding carboxylic acids is 3. The lowest BCUT2D eigenvalue weighted by Crippen LogP contribution is -2.44. The molecule has 26 heavy (non-hydrogen) atoms. The van der Waals surface area contributed by atoms with Crippen molar-refractivity contribution in [3.63, 3.8) is 0 Å². The highest BCUT2D eigenvalue weighted by Gasteiger charge is 2.19. The van der Waals surface area contributed by atoms with Gasteiger partial charge in [-0.25, -0.2) is 0 Å². The predicted octanol–water partition coefficient (Wildman–Crippen LogP) is 1.25. The molecule has 152 valence electrons. The molecule has 0 fully saturated rings. The van der Waals surface area contributed by atoms with Gasteiger partial charge in [0.1, 0.15) is 0 Å². The topological polar surface area (TPSA) is 90.0 Å². The zero-order valence-electron chi connectivity index (χ0n) is 17.2. The Hall–Kier alpha value is -1.63. The number of amides is 3.